The number of benzene rings is 2. The van der Waals surface area contributed by atoms with Crippen LogP contribution in [0, 0.1) is 0 Å². The van der Waals surface area contributed by atoms with E-state index in [1.165, 1.54) is 0 Å². The molecule has 21 heavy (non-hydrogen) atoms. The third-order valence-corrected chi connectivity index (χ3v) is 4.81. The van der Waals surface area contributed by atoms with Crippen molar-refractivity contribution in [2.24, 2.45) is 5.73 Å². The molecule has 0 aliphatic carbocycles. The number of anilines is 1. The molecule has 1 unspecified atom stereocenters. The number of hydrogen-bond acceptors (Lipinski definition) is 2. The Balaban J connectivity index is 1.99. The van der Waals surface area contributed by atoms with Crippen LogP contribution in [-0.2, 0) is 6.42 Å². The Kier molecular flexibility index (Phi) is 4.02. The molecule has 0 fully saturated rings. The fraction of sp³-hybridized carbons (Fsp3) is 0.188. The van der Waals surface area contributed by atoms with Gasteiger partial charge in [0.15, 0.2) is 0 Å². The number of para-hydroxylation sites is 1. The summed E-state index contributed by atoms with van der Waals surface area (Å²) in [5.41, 5.74) is 8.73. The number of nitrogens with two attached hydrogens (primary N) is 1. The first kappa shape index (κ1) is 14.6. The van der Waals surface area contributed by atoms with Gasteiger partial charge in [0.25, 0.3) is 5.91 Å². The number of carbonyl (C=O) groups is 1. The van der Waals surface area contributed by atoms with Crippen LogP contribution in [0.2, 0.25) is 5.02 Å². The van der Waals surface area contributed by atoms with Gasteiger partial charge in [0.05, 0.1) is 5.02 Å². The SMILES string of the molecule is NC1Cc2ccccc2N(C(=O)c2ccc(Cl)c(Br)c2)C1. The highest BCUT2D eigenvalue weighted by atomic mass is 79.9. The maximum absolute atomic E-state index is 12.8. The van der Waals surface area contributed by atoms with E-state index in [9.17, 15) is 4.79 Å². The molecular weight excluding hydrogens is 352 g/mol. The second-order valence-corrected chi connectivity index (χ2v) is 6.40. The number of hydrogen-bond donors (Lipinski definition) is 1. The summed E-state index contributed by atoms with van der Waals surface area (Å²) in [5, 5.41) is 0.585. The second-order valence-electron chi connectivity index (χ2n) is 5.14. The van der Waals surface area contributed by atoms with Crippen molar-refractivity contribution in [1.29, 1.82) is 0 Å². The maximum atomic E-state index is 12.8. The van der Waals surface area contributed by atoms with Crippen LogP contribution in [-0.4, -0.2) is 18.5 Å². The molecule has 108 valence electrons. The van der Waals surface area contributed by atoms with Crippen LogP contribution in [0.15, 0.2) is 46.9 Å². The van der Waals surface area contributed by atoms with Crippen LogP contribution in [0.5, 0.6) is 0 Å². The van der Waals surface area contributed by atoms with Gasteiger partial charge in [0, 0.05) is 28.3 Å². The molecule has 1 aliphatic heterocycles. The van der Waals surface area contributed by atoms with Crippen LogP contribution in [0.4, 0.5) is 5.69 Å². The lowest BCUT2D eigenvalue weighted by Gasteiger charge is -2.33. The van der Waals surface area contributed by atoms with E-state index in [2.05, 4.69) is 15.9 Å². The zero-order valence-corrected chi connectivity index (χ0v) is 13.6. The normalized spacial score (nSPS) is 17.5. The van der Waals surface area contributed by atoms with E-state index in [1.54, 1.807) is 23.1 Å². The molecular formula is C16H14BrClN2O. The predicted molar refractivity (Wildman–Crippen MR) is 88.9 cm³/mol. The summed E-state index contributed by atoms with van der Waals surface area (Å²) in [4.78, 5) is 14.5. The first-order valence-electron chi connectivity index (χ1n) is 6.66. The molecule has 3 rings (SSSR count). The Morgan fingerprint density at radius 3 is 2.81 bits per heavy atom. The van der Waals surface area contributed by atoms with E-state index in [-0.39, 0.29) is 11.9 Å². The minimum Gasteiger partial charge on any atom is -0.326 e. The number of halogens is 2. The minimum absolute atomic E-state index is 0.0420. The van der Waals surface area contributed by atoms with Crippen molar-refractivity contribution in [2.45, 2.75) is 12.5 Å². The van der Waals surface area contributed by atoms with Crippen molar-refractivity contribution >= 4 is 39.1 Å². The van der Waals surface area contributed by atoms with Crippen LogP contribution >= 0.6 is 27.5 Å². The molecule has 0 bridgehead atoms. The molecule has 1 heterocycles. The quantitative estimate of drug-likeness (QED) is 0.839. The highest BCUT2D eigenvalue weighted by Crippen LogP contribution is 2.29. The molecule has 1 amide bonds. The number of nitrogens with zero attached hydrogens (tertiary/aromatic N) is 1. The second kappa shape index (κ2) is 5.79. The Labute approximate surface area is 136 Å². The Bertz CT molecular complexity index is 704. The predicted octanol–water partition coefficient (Wildman–Crippen LogP) is 3.63. The smallest absolute Gasteiger partial charge is 0.258 e. The van der Waals surface area contributed by atoms with Crippen molar-refractivity contribution in [3.05, 3.63) is 63.1 Å². The minimum atomic E-state index is -0.0602. The average Bonchev–Trinajstić information content (AvgIpc) is 2.48. The Morgan fingerprint density at radius 1 is 1.29 bits per heavy atom. The van der Waals surface area contributed by atoms with E-state index in [0.717, 1.165) is 17.7 Å². The summed E-state index contributed by atoms with van der Waals surface area (Å²) >= 11 is 9.34. The lowest BCUT2D eigenvalue weighted by atomic mass is 9.97. The monoisotopic (exact) mass is 364 g/mol. The fourth-order valence-electron chi connectivity index (χ4n) is 2.60. The topological polar surface area (TPSA) is 46.3 Å². The van der Waals surface area contributed by atoms with E-state index in [4.69, 9.17) is 17.3 Å². The molecule has 2 aromatic rings. The van der Waals surface area contributed by atoms with Gasteiger partial charge >= 0.3 is 0 Å². The summed E-state index contributed by atoms with van der Waals surface area (Å²) in [7, 11) is 0. The molecule has 0 saturated carbocycles. The average molecular weight is 366 g/mol. The van der Waals surface area contributed by atoms with Crippen LogP contribution in [0.3, 0.4) is 0 Å². The molecule has 0 aromatic heterocycles. The molecule has 0 saturated heterocycles. The van der Waals surface area contributed by atoms with Crippen molar-refractivity contribution < 1.29 is 4.79 Å². The molecule has 2 N–H and O–H groups in total. The van der Waals surface area contributed by atoms with Crippen molar-refractivity contribution in [3.63, 3.8) is 0 Å². The van der Waals surface area contributed by atoms with Crippen LogP contribution in [0.1, 0.15) is 15.9 Å². The molecule has 3 nitrogen and oxygen atoms in total. The van der Waals surface area contributed by atoms with Crippen molar-refractivity contribution in [1.82, 2.24) is 0 Å². The highest BCUT2D eigenvalue weighted by molar-refractivity contribution is 9.10. The third-order valence-electron chi connectivity index (χ3n) is 3.59. The van der Waals surface area contributed by atoms with Crippen LogP contribution in [0.25, 0.3) is 0 Å². The van der Waals surface area contributed by atoms with Gasteiger partial charge in [-0.05, 0) is 52.2 Å². The summed E-state index contributed by atoms with van der Waals surface area (Å²) < 4.78 is 0.713. The molecule has 0 spiro atoms. The summed E-state index contributed by atoms with van der Waals surface area (Å²) in [6, 6.07) is 13.0. The lowest BCUT2D eigenvalue weighted by molar-refractivity contribution is 0.0983. The maximum Gasteiger partial charge on any atom is 0.258 e. The van der Waals surface area contributed by atoms with E-state index in [0.29, 0.717) is 21.6 Å². The molecule has 0 radical (unpaired) electrons. The summed E-state index contributed by atoms with van der Waals surface area (Å²) in [6.45, 7) is 0.524. The zero-order chi connectivity index (χ0) is 15.0. The summed E-state index contributed by atoms with van der Waals surface area (Å²) in [5.74, 6) is -0.0602. The van der Waals surface area contributed by atoms with Gasteiger partial charge in [-0.2, -0.15) is 0 Å². The van der Waals surface area contributed by atoms with Gasteiger partial charge < -0.3 is 10.6 Å². The lowest BCUT2D eigenvalue weighted by Crippen LogP contribution is -2.46. The molecule has 2 aromatic carbocycles. The van der Waals surface area contributed by atoms with Crippen molar-refractivity contribution in [3.8, 4) is 0 Å². The van der Waals surface area contributed by atoms with Gasteiger partial charge in [-0.3, -0.25) is 4.79 Å². The van der Waals surface area contributed by atoms with Gasteiger partial charge in [-0.1, -0.05) is 29.8 Å². The van der Waals surface area contributed by atoms with Crippen molar-refractivity contribution in [2.75, 3.05) is 11.4 Å². The number of fused-ring (bicyclic) bond motifs is 1. The number of amides is 1. The van der Waals surface area contributed by atoms with E-state index < -0.39 is 0 Å². The zero-order valence-electron chi connectivity index (χ0n) is 11.2. The standard InChI is InChI=1S/C16H14BrClN2O/c17-13-8-11(5-6-14(13)18)16(21)20-9-12(19)7-10-3-1-2-4-15(10)20/h1-6,8,12H,7,9,19H2. The van der Waals surface area contributed by atoms with Crippen LogP contribution < -0.4 is 10.6 Å². The Morgan fingerprint density at radius 2 is 2.05 bits per heavy atom. The van der Waals surface area contributed by atoms with E-state index in [1.807, 2.05) is 24.3 Å². The molecule has 1 aliphatic rings. The van der Waals surface area contributed by atoms with Gasteiger partial charge in [-0.15, -0.1) is 0 Å². The highest BCUT2D eigenvalue weighted by Gasteiger charge is 2.27. The van der Waals surface area contributed by atoms with Gasteiger partial charge in [-0.25, -0.2) is 0 Å². The van der Waals surface area contributed by atoms with Gasteiger partial charge in [0.1, 0.15) is 0 Å². The molecule has 5 heteroatoms. The molecule has 1 atom stereocenters. The fourth-order valence-corrected chi connectivity index (χ4v) is 3.10. The number of rotatable bonds is 1. The largest absolute Gasteiger partial charge is 0.326 e. The van der Waals surface area contributed by atoms with Gasteiger partial charge in [0.2, 0.25) is 0 Å². The third kappa shape index (κ3) is 2.84. The first-order chi connectivity index (χ1) is 10.1. The van der Waals surface area contributed by atoms with E-state index >= 15 is 0 Å². The first-order valence-corrected chi connectivity index (χ1v) is 7.84. The summed E-state index contributed by atoms with van der Waals surface area (Å²) in [6.07, 6.45) is 0.796. The Hall–Kier alpha value is -1.36. The number of carbonyl (C=O) groups excluding carboxylic acids is 1.